The predicted octanol–water partition coefficient (Wildman–Crippen LogP) is 5.96. The highest BCUT2D eigenvalue weighted by Gasteiger charge is 2.32. The van der Waals surface area contributed by atoms with Crippen LogP contribution in [0.25, 0.3) is 0 Å². The van der Waals surface area contributed by atoms with Crippen LogP contribution in [-0.2, 0) is 24.2 Å². The van der Waals surface area contributed by atoms with Gasteiger partial charge >= 0.3 is 5.97 Å². The monoisotopic (exact) mass is 538 g/mol. The molecule has 3 nitrogen and oxygen atoms in total. The Morgan fingerprint density at radius 3 is 2.84 bits per heavy atom. The number of cyclic esters (lactones) is 1. The minimum atomic E-state index is -0.249. The second-order valence-corrected chi connectivity index (χ2v) is 9.20. The molecule has 138 valence electrons. The highest BCUT2D eigenvalue weighted by molar-refractivity contribution is 14.2. The van der Waals surface area contributed by atoms with Crippen LogP contribution in [0, 0.1) is 6.92 Å². The van der Waals surface area contributed by atoms with Gasteiger partial charge in [-0.15, -0.1) is 0 Å². The van der Waals surface area contributed by atoms with Crippen molar-refractivity contribution in [2.75, 3.05) is 17.7 Å². The minimum Gasteiger partial charge on any atom is -0.491 e. The van der Waals surface area contributed by atoms with Crippen LogP contribution < -0.4 is 4.74 Å². The van der Waals surface area contributed by atoms with Crippen molar-refractivity contribution in [2.24, 2.45) is 0 Å². The third-order valence-corrected chi connectivity index (χ3v) is 6.92. The molecule has 6 heteroatoms. The van der Waals surface area contributed by atoms with Gasteiger partial charge in [0.2, 0.25) is 0 Å². The molecule has 0 aliphatic carbocycles. The molecular formula is C19H24BrIO3S. The Labute approximate surface area is 175 Å². The zero-order chi connectivity index (χ0) is 18.4. The summed E-state index contributed by atoms with van der Waals surface area (Å²) in [6, 6.07) is 0. The van der Waals surface area contributed by atoms with Crippen molar-refractivity contribution in [3.8, 4) is 5.75 Å². The number of carbonyl (C=O) groups is 1. The van der Waals surface area contributed by atoms with Crippen LogP contribution in [0.4, 0.5) is 0 Å². The number of ether oxygens (including phenoxy) is 2. The summed E-state index contributed by atoms with van der Waals surface area (Å²) in [6.07, 6.45) is 5.04. The van der Waals surface area contributed by atoms with Gasteiger partial charge in [-0.1, -0.05) is 49.9 Å². The molecule has 1 aromatic carbocycles. The normalized spacial score (nSPS) is 13.8. The number of halogens is 2. The molecule has 0 radical (unpaired) electrons. The van der Waals surface area contributed by atoms with Crippen LogP contribution in [0.5, 0.6) is 5.75 Å². The van der Waals surface area contributed by atoms with Crippen molar-refractivity contribution in [2.45, 2.75) is 46.6 Å². The maximum absolute atomic E-state index is 12.4. The Morgan fingerprint density at radius 1 is 1.44 bits per heavy atom. The first-order valence-corrected chi connectivity index (χ1v) is 13.1. The second-order valence-electron chi connectivity index (χ2n) is 6.14. The zero-order valence-corrected chi connectivity index (χ0v) is 19.5. The summed E-state index contributed by atoms with van der Waals surface area (Å²) in [7, 11) is 1.71. The number of alkyl halides is 1. The van der Waals surface area contributed by atoms with Crippen molar-refractivity contribution in [1.82, 2.24) is 0 Å². The molecule has 0 saturated heterocycles. The molecule has 0 saturated carbocycles. The van der Waals surface area contributed by atoms with Gasteiger partial charge in [0, 0.05) is 22.2 Å². The van der Waals surface area contributed by atoms with Gasteiger partial charge in [0.05, 0.1) is 6.61 Å². The van der Waals surface area contributed by atoms with Gasteiger partial charge < -0.3 is 9.47 Å². The number of allylic oxidation sites excluding steroid dienone is 2. The summed E-state index contributed by atoms with van der Waals surface area (Å²) in [5, 5.41) is 0.851. The number of rotatable bonds is 9. The largest absolute Gasteiger partial charge is 0.491 e. The van der Waals surface area contributed by atoms with E-state index in [1.54, 1.807) is 8.93 Å². The summed E-state index contributed by atoms with van der Waals surface area (Å²) in [5.74, 6) is 1.38. The molecule has 2 rings (SSSR count). The molecule has 1 aliphatic rings. The highest BCUT2D eigenvalue weighted by Crippen LogP contribution is 2.39. The third kappa shape index (κ3) is 4.95. The van der Waals surface area contributed by atoms with Gasteiger partial charge in [-0.25, -0.2) is 4.79 Å². The summed E-state index contributed by atoms with van der Waals surface area (Å²) in [4.78, 5) is 12.4. The highest BCUT2D eigenvalue weighted by atomic mass is 127. The Bertz CT molecular complexity index is 673. The Morgan fingerprint density at radius 2 is 2.20 bits per heavy atom. The maximum atomic E-state index is 12.4. The van der Waals surface area contributed by atoms with Gasteiger partial charge in [-0.3, -0.25) is 0 Å². The fourth-order valence-corrected chi connectivity index (χ4v) is 4.01. The van der Waals surface area contributed by atoms with Crippen LogP contribution >= 0.6 is 46.1 Å². The summed E-state index contributed by atoms with van der Waals surface area (Å²) < 4.78 is 11.5. The fourth-order valence-electron chi connectivity index (χ4n) is 3.10. The van der Waals surface area contributed by atoms with Crippen LogP contribution in [0.2, 0.25) is 0 Å². The summed E-state index contributed by atoms with van der Waals surface area (Å²) in [6.45, 7) is 7.36. The summed E-state index contributed by atoms with van der Waals surface area (Å²) in [5.41, 5.74) is 6.59. The van der Waals surface area contributed by atoms with Crippen LogP contribution in [0.15, 0.2) is 11.6 Å². The first-order valence-electron chi connectivity index (χ1n) is 8.47. The molecular weight excluding hydrogens is 515 g/mol. The van der Waals surface area contributed by atoms with Crippen molar-refractivity contribution in [1.29, 1.82) is 0 Å². The summed E-state index contributed by atoms with van der Waals surface area (Å²) >= 11 is 5.77. The first-order chi connectivity index (χ1) is 12.0. The molecule has 0 spiro atoms. The molecule has 0 bridgehead atoms. The molecule has 25 heavy (non-hydrogen) atoms. The van der Waals surface area contributed by atoms with Gasteiger partial charge in [0.1, 0.15) is 17.9 Å². The number of hydrogen-bond acceptors (Lipinski definition) is 4. The maximum Gasteiger partial charge on any atom is 0.342 e. The van der Waals surface area contributed by atoms with Crippen LogP contribution in [0.3, 0.4) is 0 Å². The smallest absolute Gasteiger partial charge is 0.342 e. The van der Waals surface area contributed by atoms with E-state index in [1.165, 1.54) is 16.7 Å². The topological polar surface area (TPSA) is 35.5 Å². The van der Waals surface area contributed by atoms with Crippen LogP contribution in [-0.4, -0.2) is 23.7 Å². The lowest BCUT2D eigenvalue weighted by molar-refractivity contribution is 0.0532. The minimum absolute atomic E-state index is 0.249. The van der Waals surface area contributed by atoms with E-state index in [-0.39, 0.29) is 5.97 Å². The second kappa shape index (κ2) is 10.2. The Kier molecular flexibility index (Phi) is 8.61. The van der Waals surface area contributed by atoms with E-state index < -0.39 is 0 Å². The number of esters is 1. The van der Waals surface area contributed by atoms with E-state index in [0.717, 1.165) is 47.2 Å². The van der Waals surface area contributed by atoms with Gasteiger partial charge in [0.15, 0.2) is 0 Å². The average molecular weight is 539 g/mol. The number of hydrogen-bond donors (Lipinski definition) is 0. The standard InChI is InChI=1S/C19H24BrIO3S/c1-4-5-14-13(3)16-11-24-19(22)17(16)18(23-8-9-25-21)15(14)7-6-12(2)10-20/h6H,4-5,7-11H2,1-3H3/b12-6+. The number of fused-ring (bicyclic) bond motifs is 1. The van der Waals surface area contributed by atoms with E-state index in [9.17, 15) is 4.79 Å². The third-order valence-electron chi connectivity index (χ3n) is 4.40. The van der Waals surface area contributed by atoms with E-state index >= 15 is 0 Å². The van der Waals surface area contributed by atoms with E-state index in [2.05, 4.69) is 64.0 Å². The lowest BCUT2D eigenvalue weighted by Gasteiger charge is -2.20. The van der Waals surface area contributed by atoms with Gasteiger partial charge in [0.25, 0.3) is 0 Å². The first kappa shape index (κ1) is 21.1. The van der Waals surface area contributed by atoms with E-state index in [4.69, 9.17) is 9.47 Å². The number of carbonyl (C=O) groups excluding carboxylic acids is 1. The van der Waals surface area contributed by atoms with E-state index in [0.29, 0.717) is 18.8 Å². The molecule has 0 unspecified atom stereocenters. The van der Waals surface area contributed by atoms with Gasteiger partial charge in [-0.05, 0) is 59.0 Å². The molecule has 1 heterocycles. The Balaban J connectivity index is 2.59. The quantitative estimate of drug-likeness (QED) is 0.128. The van der Waals surface area contributed by atoms with Crippen LogP contribution in [0.1, 0.15) is 52.9 Å². The van der Waals surface area contributed by atoms with Crippen molar-refractivity contribution >= 4 is 52.0 Å². The molecule has 0 amide bonds. The molecule has 0 fully saturated rings. The Hall–Kier alpha value is -0.210. The SMILES string of the molecule is CCCc1c(C)c2c(c(OCCSI)c1C/C=C(\C)CBr)C(=O)OC2. The fraction of sp³-hybridized carbons (Fsp3) is 0.526. The lowest BCUT2D eigenvalue weighted by Crippen LogP contribution is -2.11. The molecule has 0 N–H and O–H groups in total. The number of benzene rings is 1. The van der Waals surface area contributed by atoms with Crippen molar-refractivity contribution in [3.05, 3.63) is 39.5 Å². The lowest BCUT2D eigenvalue weighted by atomic mass is 9.88. The van der Waals surface area contributed by atoms with E-state index in [1.807, 2.05) is 0 Å². The molecule has 1 aromatic rings. The molecule has 1 aliphatic heterocycles. The average Bonchev–Trinajstić information content (AvgIpc) is 2.99. The van der Waals surface area contributed by atoms with Gasteiger partial charge in [-0.2, -0.15) is 0 Å². The van der Waals surface area contributed by atoms with Crippen molar-refractivity contribution < 1.29 is 14.3 Å². The predicted molar refractivity (Wildman–Crippen MR) is 118 cm³/mol. The van der Waals surface area contributed by atoms with Crippen molar-refractivity contribution in [3.63, 3.8) is 0 Å². The molecule has 0 aromatic heterocycles. The molecule has 0 atom stereocenters. The zero-order valence-electron chi connectivity index (χ0n) is 14.9.